The molecule has 0 spiro atoms. The van der Waals surface area contributed by atoms with E-state index in [9.17, 15) is 22.4 Å². The topological polar surface area (TPSA) is 32.3 Å². The first-order valence-corrected chi connectivity index (χ1v) is 5.61. The number of halogens is 4. The highest BCUT2D eigenvalue weighted by Gasteiger charge is 2.53. The molecule has 0 radical (unpaired) electrons. The lowest BCUT2D eigenvalue weighted by molar-refractivity contribution is -0.179. The number of likely N-dealkylation sites (tertiary alicyclic amines) is 1. The molecule has 2 aliphatic heterocycles. The minimum atomic E-state index is -4.56. The van der Waals surface area contributed by atoms with Gasteiger partial charge < -0.3 is 10.2 Å². The number of fused-ring (bicyclic) bond motifs is 1. The van der Waals surface area contributed by atoms with E-state index >= 15 is 0 Å². The van der Waals surface area contributed by atoms with Gasteiger partial charge in [0.2, 0.25) is 0 Å². The van der Waals surface area contributed by atoms with Crippen LogP contribution in [0.1, 0.15) is 12.8 Å². The van der Waals surface area contributed by atoms with Gasteiger partial charge in [-0.05, 0) is 25.3 Å². The van der Waals surface area contributed by atoms with Crippen molar-refractivity contribution in [3.8, 4) is 0 Å². The lowest BCUT2D eigenvalue weighted by Gasteiger charge is -2.24. The van der Waals surface area contributed by atoms with E-state index in [1.165, 1.54) is 0 Å². The molecule has 98 valence electrons. The first-order valence-electron chi connectivity index (χ1n) is 5.61. The van der Waals surface area contributed by atoms with Crippen molar-refractivity contribution in [2.24, 2.45) is 5.92 Å². The number of amides is 1. The third-order valence-corrected chi connectivity index (χ3v) is 3.45. The van der Waals surface area contributed by atoms with Gasteiger partial charge in [0.05, 0.1) is 0 Å². The van der Waals surface area contributed by atoms with Crippen LogP contribution in [0.5, 0.6) is 0 Å². The predicted molar refractivity (Wildman–Crippen MR) is 52.0 cm³/mol. The van der Waals surface area contributed by atoms with Crippen LogP contribution in [0.3, 0.4) is 0 Å². The zero-order chi connectivity index (χ0) is 12.6. The molecule has 0 aromatic rings. The number of rotatable bonds is 2. The van der Waals surface area contributed by atoms with Crippen molar-refractivity contribution in [1.29, 1.82) is 0 Å². The lowest BCUT2D eigenvalue weighted by atomic mass is 9.94. The van der Waals surface area contributed by atoms with Crippen LogP contribution in [0.25, 0.3) is 0 Å². The second-order valence-electron chi connectivity index (χ2n) is 4.60. The second-order valence-corrected chi connectivity index (χ2v) is 4.60. The van der Waals surface area contributed by atoms with Gasteiger partial charge in [-0.1, -0.05) is 0 Å². The van der Waals surface area contributed by atoms with Gasteiger partial charge in [-0.15, -0.1) is 0 Å². The number of carbonyl (C=O) groups is 1. The van der Waals surface area contributed by atoms with Crippen molar-refractivity contribution in [2.75, 3.05) is 19.6 Å². The number of nitrogens with zero attached hydrogens (tertiary/aromatic N) is 1. The summed E-state index contributed by atoms with van der Waals surface area (Å²) in [5.41, 5.74) is 0. The molecule has 0 bridgehead atoms. The maximum Gasteiger partial charge on any atom is 0.383 e. The first-order chi connectivity index (χ1) is 7.93. The number of carbonyl (C=O) groups excluding carboxylic acids is 1. The van der Waals surface area contributed by atoms with Gasteiger partial charge >= 0.3 is 12.3 Å². The van der Waals surface area contributed by atoms with Crippen LogP contribution < -0.4 is 5.32 Å². The molecule has 2 fully saturated rings. The molecule has 2 aliphatic rings. The summed E-state index contributed by atoms with van der Waals surface area (Å²) < 4.78 is 50.0. The zero-order valence-electron chi connectivity index (χ0n) is 9.13. The van der Waals surface area contributed by atoms with E-state index in [2.05, 4.69) is 5.32 Å². The van der Waals surface area contributed by atoms with Crippen molar-refractivity contribution in [2.45, 2.75) is 31.2 Å². The number of alkyl halides is 4. The quantitative estimate of drug-likeness (QED) is 0.748. The molecule has 0 aliphatic carbocycles. The third kappa shape index (κ3) is 2.25. The van der Waals surface area contributed by atoms with Crippen LogP contribution in [0.2, 0.25) is 0 Å². The van der Waals surface area contributed by atoms with E-state index in [1.807, 2.05) is 0 Å². The summed E-state index contributed by atoms with van der Waals surface area (Å²) >= 11 is 0. The molecule has 7 heteroatoms. The van der Waals surface area contributed by atoms with Crippen LogP contribution in [0.15, 0.2) is 0 Å². The number of hydrogen-bond acceptors (Lipinski definition) is 2. The Hall–Kier alpha value is -0.850. The minimum Gasteiger partial charge on any atom is -0.335 e. The SMILES string of the molecule is O=C(N1C[C@@H]2CCCN[C@@H]2C1)C(F)(F)C(F)F. The van der Waals surface area contributed by atoms with E-state index < -0.39 is 18.3 Å². The van der Waals surface area contributed by atoms with Crippen LogP contribution in [0, 0.1) is 5.92 Å². The fourth-order valence-corrected chi connectivity index (χ4v) is 2.52. The summed E-state index contributed by atoms with van der Waals surface area (Å²) in [6.07, 6.45) is -2.17. The molecule has 0 aromatic carbocycles. The molecule has 3 nitrogen and oxygen atoms in total. The van der Waals surface area contributed by atoms with Gasteiger partial charge in [0, 0.05) is 19.1 Å². The van der Waals surface area contributed by atoms with Crippen LogP contribution >= 0.6 is 0 Å². The largest absolute Gasteiger partial charge is 0.383 e. The molecule has 2 saturated heterocycles. The fraction of sp³-hybridized carbons (Fsp3) is 0.900. The van der Waals surface area contributed by atoms with Crippen molar-refractivity contribution in [3.63, 3.8) is 0 Å². The first kappa shape index (κ1) is 12.6. The summed E-state index contributed by atoms with van der Waals surface area (Å²) in [6.45, 7) is 1.04. The highest BCUT2D eigenvalue weighted by atomic mass is 19.3. The molecular formula is C10H14F4N2O. The Labute approximate surface area is 96.1 Å². The number of hydrogen-bond donors (Lipinski definition) is 1. The molecule has 1 N–H and O–H groups in total. The van der Waals surface area contributed by atoms with E-state index in [0.717, 1.165) is 24.3 Å². The van der Waals surface area contributed by atoms with Crippen molar-refractivity contribution >= 4 is 5.91 Å². The van der Waals surface area contributed by atoms with Crippen LogP contribution in [0.4, 0.5) is 17.6 Å². The van der Waals surface area contributed by atoms with E-state index in [-0.39, 0.29) is 25.0 Å². The molecule has 17 heavy (non-hydrogen) atoms. The van der Waals surface area contributed by atoms with Crippen LogP contribution in [-0.2, 0) is 4.79 Å². The van der Waals surface area contributed by atoms with Crippen molar-refractivity contribution in [3.05, 3.63) is 0 Å². The summed E-state index contributed by atoms with van der Waals surface area (Å²) in [5, 5.41) is 3.12. The predicted octanol–water partition coefficient (Wildman–Crippen LogP) is 1.10. The summed E-state index contributed by atoms with van der Waals surface area (Å²) in [6, 6.07) is -0.0267. The molecule has 0 saturated carbocycles. The Morgan fingerprint density at radius 2 is 2.06 bits per heavy atom. The standard InChI is InChI=1S/C10H14F4N2O/c11-8(12)10(13,14)9(17)16-4-6-2-1-3-15-7(6)5-16/h6-8,15H,1-5H2/t6-,7+/m0/s1. The molecule has 2 heterocycles. The van der Waals surface area contributed by atoms with Crippen molar-refractivity contribution < 1.29 is 22.4 Å². The zero-order valence-corrected chi connectivity index (χ0v) is 9.13. The molecule has 2 atom stereocenters. The van der Waals surface area contributed by atoms with E-state index in [0.29, 0.717) is 0 Å². The Bertz CT molecular complexity index is 297. The fourth-order valence-electron chi connectivity index (χ4n) is 2.52. The summed E-state index contributed by atoms with van der Waals surface area (Å²) in [5.74, 6) is -6.20. The molecule has 0 aromatic heterocycles. The third-order valence-electron chi connectivity index (χ3n) is 3.45. The van der Waals surface area contributed by atoms with Crippen molar-refractivity contribution in [1.82, 2.24) is 10.2 Å². The number of nitrogens with one attached hydrogen (secondary N) is 1. The Balaban J connectivity index is 2.02. The van der Waals surface area contributed by atoms with Gasteiger partial charge in [-0.25, -0.2) is 8.78 Å². The minimum absolute atomic E-state index is 0.0267. The Morgan fingerprint density at radius 1 is 1.35 bits per heavy atom. The van der Waals surface area contributed by atoms with Gasteiger partial charge in [0.1, 0.15) is 0 Å². The maximum atomic E-state index is 12.9. The average molecular weight is 254 g/mol. The summed E-state index contributed by atoms with van der Waals surface area (Å²) in [4.78, 5) is 12.2. The average Bonchev–Trinajstić information content (AvgIpc) is 2.70. The van der Waals surface area contributed by atoms with Gasteiger partial charge in [0.25, 0.3) is 5.91 Å². The molecule has 1 amide bonds. The lowest BCUT2D eigenvalue weighted by Crippen LogP contribution is -2.47. The van der Waals surface area contributed by atoms with E-state index in [4.69, 9.17) is 0 Å². The van der Waals surface area contributed by atoms with E-state index in [1.54, 1.807) is 0 Å². The Kier molecular flexibility index (Phi) is 3.29. The van der Waals surface area contributed by atoms with Gasteiger partial charge in [0.15, 0.2) is 0 Å². The summed E-state index contributed by atoms with van der Waals surface area (Å²) in [7, 11) is 0. The maximum absolute atomic E-state index is 12.9. The smallest absolute Gasteiger partial charge is 0.335 e. The van der Waals surface area contributed by atoms with Crippen LogP contribution in [-0.4, -0.2) is 48.8 Å². The van der Waals surface area contributed by atoms with Gasteiger partial charge in [-0.3, -0.25) is 4.79 Å². The molecule has 0 unspecified atom stereocenters. The molecular weight excluding hydrogens is 240 g/mol. The monoisotopic (exact) mass is 254 g/mol. The highest BCUT2D eigenvalue weighted by molar-refractivity contribution is 5.84. The highest BCUT2D eigenvalue weighted by Crippen LogP contribution is 2.31. The second kappa shape index (κ2) is 4.44. The number of piperidine rings is 1. The van der Waals surface area contributed by atoms with Gasteiger partial charge in [-0.2, -0.15) is 8.78 Å². The molecule has 2 rings (SSSR count). The Morgan fingerprint density at radius 3 is 2.65 bits per heavy atom. The normalized spacial score (nSPS) is 29.6.